The quantitative estimate of drug-likeness (QED) is 0.675. The predicted octanol–water partition coefficient (Wildman–Crippen LogP) is -0.139. The Bertz CT molecular complexity index is 549. The maximum atomic E-state index is 11.7. The molecule has 0 saturated carbocycles. The number of thiophene rings is 1. The van der Waals surface area contributed by atoms with Crippen LogP contribution in [-0.2, 0) is 14.8 Å². The summed E-state index contributed by atoms with van der Waals surface area (Å²) in [6.45, 7) is -0.0394. The summed E-state index contributed by atoms with van der Waals surface area (Å²) in [6.07, 6.45) is 0.0207. The molecule has 18 heavy (non-hydrogen) atoms. The summed E-state index contributed by atoms with van der Waals surface area (Å²) in [5, 5.41) is 12.3. The molecule has 0 atom stereocenters. The summed E-state index contributed by atoms with van der Waals surface area (Å²) in [5.41, 5.74) is -0.0772. The number of sulfonamides is 1. The van der Waals surface area contributed by atoms with Gasteiger partial charge in [-0.2, -0.15) is 0 Å². The normalized spacial score (nSPS) is 11.2. The van der Waals surface area contributed by atoms with Gasteiger partial charge >= 0.3 is 5.97 Å². The molecule has 1 aromatic rings. The zero-order valence-corrected chi connectivity index (χ0v) is 11.1. The van der Waals surface area contributed by atoms with E-state index in [-0.39, 0.29) is 28.6 Å². The first-order chi connectivity index (χ1) is 8.36. The third-order valence-corrected chi connectivity index (χ3v) is 4.91. The van der Waals surface area contributed by atoms with Crippen LogP contribution in [0.1, 0.15) is 16.8 Å². The van der Waals surface area contributed by atoms with E-state index in [1.165, 1.54) is 12.4 Å². The van der Waals surface area contributed by atoms with E-state index in [0.717, 1.165) is 17.4 Å². The molecule has 1 rings (SSSR count). The Balaban J connectivity index is 2.68. The number of carbonyl (C=O) groups is 2. The topological polar surface area (TPSA) is 113 Å². The maximum absolute atomic E-state index is 11.7. The van der Waals surface area contributed by atoms with Gasteiger partial charge in [0.05, 0.1) is 5.56 Å². The minimum atomic E-state index is -3.75. The molecule has 0 spiro atoms. The van der Waals surface area contributed by atoms with E-state index in [2.05, 4.69) is 10.0 Å². The molecule has 0 unspecified atom stereocenters. The third-order valence-electron chi connectivity index (χ3n) is 2.01. The van der Waals surface area contributed by atoms with Crippen molar-refractivity contribution in [3.05, 3.63) is 17.0 Å². The van der Waals surface area contributed by atoms with Crippen LogP contribution in [0.25, 0.3) is 0 Å². The van der Waals surface area contributed by atoms with E-state index in [1.807, 2.05) is 0 Å². The van der Waals surface area contributed by atoms with Crippen LogP contribution < -0.4 is 10.0 Å². The molecule has 0 fully saturated rings. The highest BCUT2D eigenvalue weighted by molar-refractivity contribution is 7.91. The fourth-order valence-corrected chi connectivity index (χ4v) is 3.29. The summed E-state index contributed by atoms with van der Waals surface area (Å²) in [5.74, 6) is -1.46. The fraction of sp³-hybridized carbons (Fsp3) is 0.333. The van der Waals surface area contributed by atoms with E-state index >= 15 is 0 Å². The zero-order valence-electron chi connectivity index (χ0n) is 9.47. The van der Waals surface area contributed by atoms with Crippen molar-refractivity contribution in [1.29, 1.82) is 0 Å². The Morgan fingerprint density at radius 2 is 2.11 bits per heavy atom. The molecule has 0 bridgehead atoms. The summed E-state index contributed by atoms with van der Waals surface area (Å²) in [7, 11) is -2.30. The molecule has 1 heterocycles. The molecule has 1 aromatic heterocycles. The molecule has 0 aliphatic carbocycles. The van der Waals surface area contributed by atoms with Crippen LogP contribution in [0.4, 0.5) is 0 Å². The summed E-state index contributed by atoms with van der Waals surface area (Å²) >= 11 is 0.818. The minimum absolute atomic E-state index is 0.0207. The van der Waals surface area contributed by atoms with E-state index < -0.39 is 16.0 Å². The second kappa shape index (κ2) is 5.94. The SMILES string of the molecule is CNC(=O)CCNS(=O)(=O)c1cc(C(=O)O)cs1. The van der Waals surface area contributed by atoms with Crippen LogP contribution in [0.15, 0.2) is 15.7 Å². The molecule has 7 nitrogen and oxygen atoms in total. The molecule has 0 aliphatic rings. The van der Waals surface area contributed by atoms with Crippen molar-refractivity contribution in [2.75, 3.05) is 13.6 Å². The molecule has 100 valence electrons. The minimum Gasteiger partial charge on any atom is -0.478 e. The number of hydrogen-bond acceptors (Lipinski definition) is 5. The zero-order chi connectivity index (χ0) is 13.8. The first-order valence-corrected chi connectivity index (χ1v) is 7.25. The average molecular weight is 292 g/mol. The van der Waals surface area contributed by atoms with E-state index in [9.17, 15) is 18.0 Å². The first kappa shape index (κ1) is 14.6. The van der Waals surface area contributed by atoms with Crippen molar-refractivity contribution in [3.8, 4) is 0 Å². The number of nitrogens with one attached hydrogen (secondary N) is 2. The number of aromatic carboxylic acids is 1. The summed E-state index contributed by atoms with van der Waals surface area (Å²) in [4.78, 5) is 21.5. The standard InChI is InChI=1S/C9H12N2O5S2/c1-10-7(12)2-3-11-18(15,16)8-4-6(5-17-8)9(13)14/h4-5,11H,2-3H2,1H3,(H,10,12)(H,13,14). The largest absolute Gasteiger partial charge is 0.478 e. The van der Waals surface area contributed by atoms with Crippen LogP contribution in [-0.4, -0.2) is 39.0 Å². The number of rotatable bonds is 6. The number of amides is 1. The Hall–Kier alpha value is -1.45. The monoisotopic (exact) mass is 292 g/mol. The van der Waals surface area contributed by atoms with Crippen molar-refractivity contribution in [2.45, 2.75) is 10.6 Å². The fourth-order valence-electron chi connectivity index (χ4n) is 1.06. The second-order valence-corrected chi connectivity index (χ2v) is 6.19. The summed E-state index contributed by atoms with van der Waals surface area (Å²) < 4.78 is 25.6. The molecule has 1 amide bonds. The van der Waals surface area contributed by atoms with E-state index in [1.54, 1.807) is 0 Å². The Kier molecular flexibility index (Phi) is 4.82. The van der Waals surface area contributed by atoms with Gasteiger partial charge in [-0.25, -0.2) is 17.9 Å². The lowest BCUT2D eigenvalue weighted by molar-refractivity contribution is -0.120. The molecular formula is C9H12N2O5S2. The van der Waals surface area contributed by atoms with E-state index in [4.69, 9.17) is 5.11 Å². The number of carbonyl (C=O) groups excluding carboxylic acids is 1. The number of carboxylic acids is 1. The van der Waals surface area contributed by atoms with Gasteiger partial charge in [-0.3, -0.25) is 4.79 Å². The van der Waals surface area contributed by atoms with Crippen LogP contribution in [0.2, 0.25) is 0 Å². The molecular weight excluding hydrogens is 280 g/mol. The maximum Gasteiger partial charge on any atom is 0.336 e. The molecule has 0 radical (unpaired) electrons. The Labute approximate surface area is 108 Å². The van der Waals surface area contributed by atoms with Crippen LogP contribution in [0.5, 0.6) is 0 Å². The smallest absolute Gasteiger partial charge is 0.336 e. The first-order valence-electron chi connectivity index (χ1n) is 4.89. The van der Waals surface area contributed by atoms with Gasteiger partial charge in [-0.15, -0.1) is 11.3 Å². The van der Waals surface area contributed by atoms with Crippen LogP contribution in [0.3, 0.4) is 0 Å². The molecule has 0 aromatic carbocycles. The lowest BCUT2D eigenvalue weighted by Crippen LogP contribution is -2.28. The highest BCUT2D eigenvalue weighted by Gasteiger charge is 2.18. The van der Waals surface area contributed by atoms with Crippen molar-refractivity contribution in [1.82, 2.24) is 10.0 Å². The number of hydrogen-bond donors (Lipinski definition) is 3. The van der Waals surface area contributed by atoms with Gasteiger partial charge in [0.25, 0.3) is 0 Å². The molecule has 3 N–H and O–H groups in total. The molecule has 0 aliphatic heterocycles. The predicted molar refractivity (Wildman–Crippen MR) is 65.2 cm³/mol. The van der Waals surface area contributed by atoms with Gasteiger partial charge in [0.2, 0.25) is 15.9 Å². The van der Waals surface area contributed by atoms with Gasteiger partial charge in [-0.1, -0.05) is 0 Å². The highest BCUT2D eigenvalue weighted by Crippen LogP contribution is 2.19. The van der Waals surface area contributed by atoms with Gasteiger partial charge in [0, 0.05) is 25.4 Å². The van der Waals surface area contributed by atoms with E-state index in [0.29, 0.717) is 0 Å². The Morgan fingerprint density at radius 1 is 1.44 bits per heavy atom. The molecule has 9 heteroatoms. The van der Waals surface area contributed by atoms with Crippen molar-refractivity contribution < 1.29 is 23.1 Å². The van der Waals surface area contributed by atoms with Gasteiger partial charge < -0.3 is 10.4 Å². The van der Waals surface area contributed by atoms with Crippen LogP contribution in [0, 0.1) is 0 Å². The average Bonchev–Trinajstić information content (AvgIpc) is 2.78. The highest BCUT2D eigenvalue weighted by atomic mass is 32.2. The van der Waals surface area contributed by atoms with Crippen molar-refractivity contribution in [2.24, 2.45) is 0 Å². The van der Waals surface area contributed by atoms with Gasteiger partial charge in [0.1, 0.15) is 4.21 Å². The third kappa shape index (κ3) is 3.79. The van der Waals surface area contributed by atoms with Crippen LogP contribution >= 0.6 is 11.3 Å². The lowest BCUT2D eigenvalue weighted by Gasteiger charge is -2.03. The lowest BCUT2D eigenvalue weighted by atomic mass is 10.4. The summed E-state index contributed by atoms with van der Waals surface area (Å²) in [6, 6.07) is 1.08. The number of carboxylic acid groups (broad SMARTS) is 1. The second-order valence-electron chi connectivity index (χ2n) is 3.28. The van der Waals surface area contributed by atoms with Gasteiger partial charge in [0.15, 0.2) is 0 Å². The Morgan fingerprint density at radius 3 is 2.61 bits per heavy atom. The van der Waals surface area contributed by atoms with Crippen molar-refractivity contribution in [3.63, 3.8) is 0 Å². The molecule has 0 saturated heterocycles. The van der Waals surface area contributed by atoms with Gasteiger partial charge in [-0.05, 0) is 6.07 Å². The van der Waals surface area contributed by atoms with Crippen molar-refractivity contribution >= 4 is 33.2 Å².